The molecule has 0 aliphatic rings. The number of aliphatic hydroxyl groups is 1. The second-order valence-electron chi connectivity index (χ2n) is 5.03. The fraction of sp³-hybridized carbons (Fsp3) is 0.667. The molecule has 1 N–H and O–H groups in total. The molecule has 1 heterocycles. The molecule has 0 bridgehead atoms. The van der Waals surface area contributed by atoms with Gasteiger partial charge in [-0.25, -0.2) is 0 Å². The average molecular weight is 267 g/mol. The molecule has 2 atom stereocenters. The molecule has 0 radical (unpaired) electrons. The molecular formula is C15H25NO3. The number of hydrogen-bond donors (Lipinski definition) is 1. The van der Waals surface area contributed by atoms with Gasteiger partial charge in [0.25, 0.3) is 0 Å². The maximum absolute atomic E-state index is 10.1. The maximum atomic E-state index is 10.1. The Morgan fingerprint density at radius 2 is 1.95 bits per heavy atom. The molecule has 4 heteroatoms. The van der Waals surface area contributed by atoms with Crippen molar-refractivity contribution in [2.45, 2.75) is 52.2 Å². The Labute approximate surface area is 115 Å². The summed E-state index contributed by atoms with van der Waals surface area (Å²) < 4.78 is 10.6. The van der Waals surface area contributed by atoms with E-state index in [0.29, 0.717) is 12.8 Å². The lowest BCUT2D eigenvalue weighted by molar-refractivity contribution is 0.0848. The molecule has 0 amide bonds. The van der Waals surface area contributed by atoms with Gasteiger partial charge in [0.15, 0.2) is 0 Å². The molecule has 4 nitrogen and oxygen atoms in total. The lowest BCUT2D eigenvalue weighted by Crippen LogP contribution is -2.16. The summed E-state index contributed by atoms with van der Waals surface area (Å²) in [5.41, 5.74) is 2.94. The standard InChI is InChI=1S/C15H25NO3/c1-10-9-16-14(12(3)15(10)19-5)8-13(17)7-6-11(2)18-4/h9,11,13,17H,6-8H2,1-5H3. The Morgan fingerprint density at radius 1 is 1.26 bits per heavy atom. The predicted octanol–water partition coefficient (Wildman–Crippen LogP) is 2.43. The smallest absolute Gasteiger partial charge is 0.128 e. The Kier molecular flexibility index (Phi) is 6.25. The van der Waals surface area contributed by atoms with Crippen LogP contribution in [0.2, 0.25) is 0 Å². The van der Waals surface area contributed by atoms with E-state index in [-0.39, 0.29) is 6.10 Å². The Bertz CT molecular complexity index is 407. The van der Waals surface area contributed by atoms with Crippen LogP contribution >= 0.6 is 0 Å². The topological polar surface area (TPSA) is 51.6 Å². The molecule has 2 unspecified atom stereocenters. The first-order valence-electron chi connectivity index (χ1n) is 6.69. The van der Waals surface area contributed by atoms with Crippen LogP contribution in [0.1, 0.15) is 36.6 Å². The highest BCUT2D eigenvalue weighted by molar-refractivity contribution is 5.41. The van der Waals surface area contributed by atoms with Crippen LogP contribution in [-0.4, -0.2) is 36.5 Å². The SMILES string of the molecule is COc1c(C)cnc(CC(O)CCC(C)OC)c1C. The van der Waals surface area contributed by atoms with Crippen molar-refractivity contribution >= 4 is 0 Å². The molecule has 108 valence electrons. The van der Waals surface area contributed by atoms with Gasteiger partial charge >= 0.3 is 0 Å². The zero-order valence-corrected chi connectivity index (χ0v) is 12.6. The van der Waals surface area contributed by atoms with Crippen LogP contribution in [0.3, 0.4) is 0 Å². The van der Waals surface area contributed by atoms with Crippen LogP contribution in [0.25, 0.3) is 0 Å². The average Bonchev–Trinajstić information content (AvgIpc) is 2.40. The molecule has 0 aliphatic heterocycles. The minimum Gasteiger partial charge on any atom is -0.496 e. The predicted molar refractivity (Wildman–Crippen MR) is 75.7 cm³/mol. The van der Waals surface area contributed by atoms with Crippen molar-refractivity contribution < 1.29 is 14.6 Å². The van der Waals surface area contributed by atoms with Crippen molar-refractivity contribution in [3.05, 3.63) is 23.0 Å². The fourth-order valence-corrected chi connectivity index (χ4v) is 2.15. The highest BCUT2D eigenvalue weighted by atomic mass is 16.5. The van der Waals surface area contributed by atoms with Gasteiger partial charge in [0.05, 0.1) is 19.3 Å². The van der Waals surface area contributed by atoms with Crippen LogP contribution in [0.15, 0.2) is 6.20 Å². The number of pyridine rings is 1. The first kappa shape index (κ1) is 15.9. The molecule has 19 heavy (non-hydrogen) atoms. The molecule has 1 aromatic heterocycles. The summed E-state index contributed by atoms with van der Waals surface area (Å²) in [4.78, 5) is 4.40. The van der Waals surface area contributed by atoms with Gasteiger partial charge in [-0.1, -0.05) is 0 Å². The quantitative estimate of drug-likeness (QED) is 0.824. The number of nitrogens with zero attached hydrogens (tertiary/aromatic N) is 1. The number of aliphatic hydroxyl groups excluding tert-OH is 1. The molecule has 1 rings (SSSR count). The second-order valence-corrected chi connectivity index (χ2v) is 5.03. The van der Waals surface area contributed by atoms with Gasteiger partial charge in [-0.2, -0.15) is 0 Å². The van der Waals surface area contributed by atoms with Gasteiger partial charge < -0.3 is 14.6 Å². The maximum Gasteiger partial charge on any atom is 0.128 e. The molecule has 0 aliphatic carbocycles. The number of aromatic nitrogens is 1. The lowest BCUT2D eigenvalue weighted by Gasteiger charge is -2.16. The molecule has 0 aromatic carbocycles. The minimum atomic E-state index is -0.392. The number of methoxy groups -OCH3 is 2. The normalized spacial score (nSPS) is 14.2. The summed E-state index contributed by atoms with van der Waals surface area (Å²) in [7, 11) is 3.35. The summed E-state index contributed by atoms with van der Waals surface area (Å²) in [6, 6.07) is 0. The summed E-state index contributed by atoms with van der Waals surface area (Å²) in [5.74, 6) is 0.863. The first-order chi connectivity index (χ1) is 8.99. The van der Waals surface area contributed by atoms with E-state index >= 15 is 0 Å². The van der Waals surface area contributed by atoms with Crippen molar-refractivity contribution in [1.82, 2.24) is 4.98 Å². The van der Waals surface area contributed by atoms with Crippen LogP contribution in [0.4, 0.5) is 0 Å². The van der Waals surface area contributed by atoms with E-state index in [1.54, 1.807) is 20.4 Å². The monoisotopic (exact) mass is 267 g/mol. The largest absolute Gasteiger partial charge is 0.496 e. The van der Waals surface area contributed by atoms with E-state index in [1.807, 2.05) is 20.8 Å². The van der Waals surface area contributed by atoms with Crippen LogP contribution in [-0.2, 0) is 11.2 Å². The van der Waals surface area contributed by atoms with E-state index < -0.39 is 6.10 Å². The molecule has 0 fully saturated rings. The number of ether oxygens (including phenoxy) is 2. The third-order valence-corrected chi connectivity index (χ3v) is 3.49. The minimum absolute atomic E-state index is 0.177. The molecule has 0 saturated carbocycles. The van der Waals surface area contributed by atoms with E-state index in [4.69, 9.17) is 9.47 Å². The van der Waals surface area contributed by atoms with Crippen LogP contribution in [0, 0.1) is 13.8 Å². The first-order valence-corrected chi connectivity index (χ1v) is 6.69. The van der Waals surface area contributed by atoms with Gasteiger partial charge in [0.1, 0.15) is 5.75 Å². The van der Waals surface area contributed by atoms with Crippen LogP contribution < -0.4 is 4.74 Å². The van der Waals surface area contributed by atoms with Gasteiger partial charge in [0, 0.05) is 36.5 Å². The molecular weight excluding hydrogens is 242 g/mol. The van der Waals surface area contributed by atoms with Gasteiger partial charge in [0.2, 0.25) is 0 Å². The van der Waals surface area contributed by atoms with Crippen molar-refractivity contribution in [2.24, 2.45) is 0 Å². The van der Waals surface area contributed by atoms with Gasteiger partial charge in [-0.15, -0.1) is 0 Å². The summed E-state index contributed by atoms with van der Waals surface area (Å²) in [6.45, 7) is 5.96. The van der Waals surface area contributed by atoms with Crippen molar-refractivity contribution in [2.75, 3.05) is 14.2 Å². The third kappa shape index (κ3) is 4.48. The van der Waals surface area contributed by atoms with Crippen molar-refractivity contribution in [3.63, 3.8) is 0 Å². The van der Waals surface area contributed by atoms with E-state index in [0.717, 1.165) is 29.0 Å². The number of hydrogen-bond acceptors (Lipinski definition) is 4. The second kappa shape index (κ2) is 7.46. The Balaban J connectivity index is 2.67. The summed E-state index contributed by atoms with van der Waals surface area (Å²) >= 11 is 0. The van der Waals surface area contributed by atoms with E-state index in [9.17, 15) is 5.11 Å². The summed E-state index contributed by atoms with van der Waals surface area (Å²) in [5, 5.41) is 10.1. The molecule has 0 spiro atoms. The fourth-order valence-electron chi connectivity index (χ4n) is 2.15. The summed E-state index contributed by atoms with van der Waals surface area (Å²) in [6.07, 6.45) is 3.70. The van der Waals surface area contributed by atoms with Gasteiger partial charge in [-0.3, -0.25) is 4.98 Å². The van der Waals surface area contributed by atoms with Crippen molar-refractivity contribution in [1.29, 1.82) is 0 Å². The highest BCUT2D eigenvalue weighted by Crippen LogP contribution is 2.25. The Hall–Kier alpha value is -1.13. The third-order valence-electron chi connectivity index (χ3n) is 3.49. The Morgan fingerprint density at radius 3 is 2.53 bits per heavy atom. The molecule has 1 aromatic rings. The van der Waals surface area contributed by atoms with Gasteiger partial charge in [-0.05, 0) is 33.6 Å². The number of aryl methyl sites for hydroxylation is 1. The number of rotatable bonds is 7. The van der Waals surface area contributed by atoms with Crippen molar-refractivity contribution in [3.8, 4) is 5.75 Å². The zero-order chi connectivity index (χ0) is 14.4. The van der Waals surface area contributed by atoms with E-state index in [2.05, 4.69) is 4.98 Å². The molecule has 0 saturated heterocycles. The van der Waals surface area contributed by atoms with E-state index in [1.165, 1.54) is 0 Å². The van der Waals surface area contributed by atoms with Crippen LogP contribution in [0.5, 0.6) is 5.75 Å². The lowest BCUT2D eigenvalue weighted by atomic mass is 10.0. The zero-order valence-electron chi connectivity index (χ0n) is 12.6. The highest BCUT2D eigenvalue weighted by Gasteiger charge is 2.14.